The molecule has 136 valence electrons. The van der Waals surface area contributed by atoms with Gasteiger partial charge < -0.3 is 10.2 Å². The Morgan fingerprint density at radius 1 is 1.07 bits per heavy atom. The number of carbonyl (C=O) groups excluding carboxylic acids is 1. The van der Waals surface area contributed by atoms with E-state index in [0.29, 0.717) is 17.2 Å². The van der Waals surface area contributed by atoms with E-state index in [9.17, 15) is 4.79 Å². The summed E-state index contributed by atoms with van der Waals surface area (Å²) >= 11 is 0. The summed E-state index contributed by atoms with van der Waals surface area (Å²) in [7, 11) is 0. The number of aliphatic imine (C=N–C) groups is 1. The zero-order valence-corrected chi connectivity index (χ0v) is 15.0. The highest BCUT2D eigenvalue weighted by molar-refractivity contribution is 6.07. The number of fused-ring (bicyclic) bond motifs is 4. The number of nitrogens with zero attached hydrogens (tertiary/aromatic N) is 2. The van der Waals surface area contributed by atoms with Gasteiger partial charge in [-0.15, -0.1) is 0 Å². The number of hydrogen-bond donors (Lipinski definition) is 1. The molecule has 27 heavy (non-hydrogen) atoms. The molecule has 3 aromatic rings. The summed E-state index contributed by atoms with van der Waals surface area (Å²) in [6, 6.07) is 15.3. The number of piperidine rings is 3. The molecular weight excluding hydrogens is 338 g/mol. The minimum atomic E-state index is -0.290. The highest BCUT2D eigenvalue weighted by Crippen LogP contribution is 2.34. The Labute approximate surface area is 157 Å². The maximum atomic E-state index is 12.7. The summed E-state index contributed by atoms with van der Waals surface area (Å²) in [5.41, 5.74) is 10.3. The van der Waals surface area contributed by atoms with E-state index >= 15 is 0 Å². The fraction of sp³-hybridized carbons (Fsp3) is 0.273. The second-order valence-electron chi connectivity index (χ2n) is 7.38. The van der Waals surface area contributed by atoms with Crippen LogP contribution in [-0.2, 0) is 0 Å². The first kappa shape index (κ1) is 16.3. The number of rotatable bonds is 2. The van der Waals surface area contributed by atoms with Gasteiger partial charge in [-0.1, -0.05) is 36.4 Å². The van der Waals surface area contributed by atoms with Crippen molar-refractivity contribution in [3.63, 3.8) is 0 Å². The molecule has 2 bridgehead atoms. The van der Waals surface area contributed by atoms with Crippen LogP contribution in [0.25, 0.3) is 22.1 Å². The van der Waals surface area contributed by atoms with Crippen molar-refractivity contribution in [3.8, 4) is 11.1 Å². The van der Waals surface area contributed by atoms with Gasteiger partial charge >= 0.3 is 5.91 Å². The first-order valence-electron chi connectivity index (χ1n) is 9.40. The van der Waals surface area contributed by atoms with Crippen molar-refractivity contribution in [1.29, 1.82) is 0 Å². The van der Waals surface area contributed by atoms with E-state index in [0.717, 1.165) is 54.7 Å². The number of para-hydroxylation sites is 2. The van der Waals surface area contributed by atoms with Crippen LogP contribution in [0.3, 0.4) is 0 Å². The molecule has 0 saturated carbocycles. The number of hydrogen-bond acceptors (Lipinski definition) is 4. The first-order valence-corrected chi connectivity index (χ1v) is 9.40. The monoisotopic (exact) mass is 359 g/mol. The number of nitrogen functional groups attached to an aromatic ring is 1. The Morgan fingerprint density at radius 2 is 1.85 bits per heavy atom. The molecule has 2 aromatic carbocycles. The number of amides is 1. The molecule has 3 aliphatic heterocycles. The smallest absolute Gasteiger partial charge is 0.312 e. The van der Waals surface area contributed by atoms with Crippen LogP contribution in [0.2, 0.25) is 0 Å². The minimum Gasteiger partial charge on any atom is -0.450 e. The lowest BCUT2D eigenvalue weighted by atomic mass is 9.86. The van der Waals surface area contributed by atoms with Crippen LogP contribution in [-0.4, -0.2) is 36.2 Å². The van der Waals surface area contributed by atoms with Crippen molar-refractivity contribution in [2.75, 3.05) is 25.4 Å². The number of anilines is 1. The van der Waals surface area contributed by atoms with Gasteiger partial charge in [-0.05, 0) is 38.1 Å². The largest absolute Gasteiger partial charge is 0.450 e. The molecule has 0 spiro atoms. The Bertz CT molecular complexity index is 1060. The topological polar surface area (TPSA) is 71.8 Å². The summed E-state index contributed by atoms with van der Waals surface area (Å²) in [6.07, 6.45) is 2.20. The summed E-state index contributed by atoms with van der Waals surface area (Å²) in [5, 5.41) is 0.883. The van der Waals surface area contributed by atoms with E-state index in [4.69, 9.17) is 10.2 Å². The summed E-state index contributed by atoms with van der Waals surface area (Å²) in [6.45, 7) is 3.04. The molecule has 0 unspecified atom stereocenters. The molecule has 1 amide bonds. The molecule has 3 fully saturated rings. The molecule has 5 heteroatoms. The van der Waals surface area contributed by atoms with Crippen LogP contribution >= 0.6 is 0 Å². The SMILES string of the molecule is Nc1ccccc1-c1cccc2cc(C(=O)N=C3CN4CCC3CC4)oc12. The van der Waals surface area contributed by atoms with Gasteiger partial charge in [-0.25, -0.2) is 4.99 Å². The molecule has 5 nitrogen and oxygen atoms in total. The molecule has 3 saturated heterocycles. The quantitative estimate of drug-likeness (QED) is 0.702. The summed E-state index contributed by atoms with van der Waals surface area (Å²) < 4.78 is 5.97. The molecular formula is C22H21N3O2. The molecule has 1 aromatic heterocycles. The lowest BCUT2D eigenvalue weighted by molar-refractivity contribution is 0.0974. The van der Waals surface area contributed by atoms with E-state index in [2.05, 4.69) is 9.89 Å². The molecule has 4 heterocycles. The fourth-order valence-corrected chi connectivity index (χ4v) is 4.22. The van der Waals surface area contributed by atoms with Crippen molar-refractivity contribution in [1.82, 2.24) is 4.90 Å². The Hall–Kier alpha value is -2.92. The highest BCUT2D eigenvalue weighted by Gasteiger charge is 2.31. The maximum Gasteiger partial charge on any atom is 0.312 e. The van der Waals surface area contributed by atoms with Crippen molar-refractivity contribution in [2.45, 2.75) is 12.8 Å². The zero-order chi connectivity index (χ0) is 18.4. The van der Waals surface area contributed by atoms with Gasteiger partial charge in [-0.2, -0.15) is 0 Å². The van der Waals surface area contributed by atoms with Crippen LogP contribution in [0.15, 0.2) is 57.9 Å². The molecule has 2 N–H and O–H groups in total. The van der Waals surface area contributed by atoms with Crippen LogP contribution in [0.5, 0.6) is 0 Å². The fourth-order valence-electron chi connectivity index (χ4n) is 4.22. The van der Waals surface area contributed by atoms with E-state index < -0.39 is 0 Å². The Morgan fingerprint density at radius 3 is 2.59 bits per heavy atom. The first-order chi connectivity index (χ1) is 13.2. The minimum absolute atomic E-state index is 0.288. The maximum absolute atomic E-state index is 12.7. The number of nitrogens with two attached hydrogens (primary N) is 1. The number of benzene rings is 2. The van der Waals surface area contributed by atoms with E-state index in [-0.39, 0.29) is 11.7 Å². The van der Waals surface area contributed by atoms with Crippen LogP contribution in [0.1, 0.15) is 23.4 Å². The zero-order valence-electron chi connectivity index (χ0n) is 15.0. The normalized spacial score (nSPS) is 23.2. The Kier molecular flexibility index (Phi) is 3.83. The second-order valence-corrected chi connectivity index (χ2v) is 7.38. The summed E-state index contributed by atoms with van der Waals surface area (Å²) in [5.74, 6) is 0.445. The Balaban J connectivity index is 1.53. The average Bonchev–Trinajstić information content (AvgIpc) is 3.14. The van der Waals surface area contributed by atoms with Gasteiger partial charge in [0.1, 0.15) is 5.58 Å². The molecule has 0 aliphatic carbocycles. The molecule has 0 atom stereocenters. The van der Waals surface area contributed by atoms with Gasteiger partial charge in [0.15, 0.2) is 5.76 Å². The molecule has 3 aliphatic rings. The van der Waals surface area contributed by atoms with Crippen molar-refractivity contribution in [3.05, 3.63) is 54.3 Å². The van der Waals surface area contributed by atoms with Gasteiger partial charge in [0, 0.05) is 40.4 Å². The van der Waals surface area contributed by atoms with Crippen LogP contribution in [0, 0.1) is 5.92 Å². The number of carbonyl (C=O) groups is 1. The van der Waals surface area contributed by atoms with E-state index in [1.165, 1.54) is 0 Å². The molecule has 0 radical (unpaired) electrons. The van der Waals surface area contributed by atoms with Crippen LogP contribution < -0.4 is 5.73 Å². The van der Waals surface area contributed by atoms with Crippen molar-refractivity contribution >= 4 is 28.3 Å². The van der Waals surface area contributed by atoms with Gasteiger partial charge in [0.2, 0.25) is 0 Å². The van der Waals surface area contributed by atoms with E-state index in [1.54, 1.807) is 6.07 Å². The highest BCUT2D eigenvalue weighted by atomic mass is 16.3. The standard InChI is InChI=1S/C22H21N3O2/c23-18-7-2-1-5-16(18)17-6-3-4-15-12-20(27-21(15)17)22(26)24-19-13-25-10-8-14(19)9-11-25/h1-7,12,14H,8-11,13,23H2. The third-order valence-corrected chi connectivity index (χ3v) is 5.70. The lowest BCUT2D eigenvalue weighted by Crippen LogP contribution is -2.48. The average molecular weight is 359 g/mol. The van der Waals surface area contributed by atoms with Crippen molar-refractivity contribution < 1.29 is 9.21 Å². The second kappa shape index (κ2) is 6.35. The predicted molar refractivity (Wildman–Crippen MR) is 107 cm³/mol. The van der Waals surface area contributed by atoms with Gasteiger partial charge in [0.25, 0.3) is 0 Å². The van der Waals surface area contributed by atoms with Crippen LogP contribution in [0.4, 0.5) is 5.69 Å². The number of furan rings is 1. The van der Waals surface area contributed by atoms with Crippen molar-refractivity contribution in [2.24, 2.45) is 10.9 Å². The van der Waals surface area contributed by atoms with E-state index in [1.807, 2.05) is 42.5 Å². The third kappa shape index (κ3) is 2.84. The summed E-state index contributed by atoms with van der Waals surface area (Å²) in [4.78, 5) is 19.5. The predicted octanol–water partition coefficient (Wildman–Crippen LogP) is 3.99. The van der Waals surface area contributed by atoms with Gasteiger partial charge in [-0.3, -0.25) is 9.69 Å². The lowest BCUT2D eigenvalue weighted by Gasteiger charge is -2.39. The molecule has 6 rings (SSSR count). The third-order valence-electron chi connectivity index (χ3n) is 5.70. The van der Waals surface area contributed by atoms with Gasteiger partial charge in [0.05, 0.1) is 0 Å².